The lowest BCUT2D eigenvalue weighted by molar-refractivity contribution is -0.157. The average molecular weight is 313 g/mol. The fraction of sp³-hybridized carbons (Fsp3) is 0.357. The van der Waals surface area contributed by atoms with Crippen LogP contribution in [0.4, 0.5) is 4.79 Å². The normalized spacial score (nSPS) is 11.8. The van der Waals surface area contributed by atoms with E-state index in [9.17, 15) is 14.4 Å². The number of amides is 3. The second-order valence-corrected chi connectivity index (χ2v) is 5.18. The SMILES string of the molecule is CC(C)[C@@H](OC(=O)Cc1ccccc1Cl)C(=O)NC(N)=O. The molecule has 1 aromatic carbocycles. The van der Waals surface area contributed by atoms with Crippen molar-refractivity contribution in [1.82, 2.24) is 5.32 Å². The van der Waals surface area contributed by atoms with Crippen molar-refractivity contribution in [2.75, 3.05) is 0 Å². The first-order valence-electron chi connectivity index (χ1n) is 6.34. The summed E-state index contributed by atoms with van der Waals surface area (Å²) in [6.07, 6.45) is -1.15. The molecule has 0 saturated carbocycles. The van der Waals surface area contributed by atoms with Gasteiger partial charge in [-0.05, 0) is 17.5 Å². The minimum atomic E-state index is -1.09. The molecule has 7 heteroatoms. The summed E-state index contributed by atoms with van der Waals surface area (Å²) in [5.41, 5.74) is 5.48. The molecular formula is C14H17ClN2O4. The standard InChI is InChI=1S/C14H17ClN2O4/c1-8(2)12(13(19)17-14(16)20)21-11(18)7-9-5-3-4-6-10(9)15/h3-6,8,12H,7H2,1-2H3,(H3,16,17,19,20)/t12-/m1/s1. The maximum absolute atomic E-state index is 11.9. The number of benzene rings is 1. The summed E-state index contributed by atoms with van der Waals surface area (Å²) in [5, 5.41) is 2.34. The first-order chi connectivity index (χ1) is 9.81. The highest BCUT2D eigenvalue weighted by molar-refractivity contribution is 6.31. The summed E-state index contributed by atoms with van der Waals surface area (Å²) < 4.78 is 5.12. The van der Waals surface area contributed by atoms with Crippen molar-refractivity contribution in [1.29, 1.82) is 0 Å². The van der Waals surface area contributed by atoms with Gasteiger partial charge < -0.3 is 10.5 Å². The molecule has 1 rings (SSSR count). The van der Waals surface area contributed by atoms with E-state index in [1.165, 1.54) is 0 Å². The van der Waals surface area contributed by atoms with E-state index < -0.39 is 24.0 Å². The third-order valence-corrected chi connectivity index (χ3v) is 3.03. The number of ether oxygens (including phenoxy) is 1. The lowest BCUT2D eigenvalue weighted by atomic mass is 10.1. The Labute approximate surface area is 127 Å². The lowest BCUT2D eigenvalue weighted by Gasteiger charge is -2.20. The summed E-state index contributed by atoms with van der Waals surface area (Å²) in [7, 11) is 0. The molecule has 0 aliphatic rings. The molecule has 0 radical (unpaired) electrons. The van der Waals surface area contributed by atoms with Gasteiger partial charge in [0, 0.05) is 5.02 Å². The summed E-state index contributed by atoms with van der Waals surface area (Å²) in [6.45, 7) is 3.38. The van der Waals surface area contributed by atoms with Crippen molar-refractivity contribution in [2.45, 2.75) is 26.4 Å². The van der Waals surface area contributed by atoms with Gasteiger partial charge in [0.15, 0.2) is 6.10 Å². The number of nitrogens with one attached hydrogen (secondary N) is 1. The third kappa shape index (κ3) is 5.43. The zero-order valence-electron chi connectivity index (χ0n) is 11.8. The molecule has 0 saturated heterocycles. The number of imide groups is 1. The Balaban J connectivity index is 2.71. The number of carbonyl (C=O) groups is 3. The monoisotopic (exact) mass is 312 g/mol. The summed E-state index contributed by atoms with van der Waals surface area (Å²) >= 11 is 5.95. The van der Waals surface area contributed by atoms with E-state index >= 15 is 0 Å². The second kappa shape index (κ2) is 7.64. The number of hydrogen-bond donors (Lipinski definition) is 2. The molecule has 114 valence electrons. The van der Waals surface area contributed by atoms with Crippen molar-refractivity contribution in [3.63, 3.8) is 0 Å². The number of urea groups is 1. The van der Waals surface area contributed by atoms with E-state index in [1.807, 2.05) is 5.32 Å². The number of rotatable bonds is 5. The number of halogens is 1. The molecule has 0 bridgehead atoms. The van der Waals surface area contributed by atoms with Crippen LogP contribution in [0.15, 0.2) is 24.3 Å². The molecule has 0 aliphatic carbocycles. The van der Waals surface area contributed by atoms with Crippen LogP contribution in [0, 0.1) is 5.92 Å². The van der Waals surface area contributed by atoms with Crippen LogP contribution >= 0.6 is 11.6 Å². The van der Waals surface area contributed by atoms with Crippen molar-refractivity contribution in [3.8, 4) is 0 Å². The van der Waals surface area contributed by atoms with Crippen LogP contribution in [0.5, 0.6) is 0 Å². The van der Waals surface area contributed by atoms with Gasteiger partial charge in [-0.1, -0.05) is 43.6 Å². The van der Waals surface area contributed by atoms with E-state index in [1.54, 1.807) is 38.1 Å². The fourth-order valence-electron chi connectivity index (χ4n) is 1.67. The molecule has 1 atom stereocenters. The van der Waals surface area contributed by atoms with Crippen LogP contribution in [0.25, 0.3) is 0 Å². The van der Waals surface area contributed by atoms with Gasteiger partial charge in [-0.25, -0.2) is 4.79 Å². The number of nitrogens with two attached hydrogens (primary N) is 1. The van der Waals surface area contributed by atoms with Crippen molar-refractivity contribution in [3.05, 3.63) is 34.9 Å². The Morgan fingerprint density at radius 2 is 1.90 bits per heavy atom. The largest absolute Gasteiger partial charge is 0.452 e. The van der Waals surface area contributed by atoms with Crippen LogP contribution in [-0.4, -0.2) is 24.0 Å². The quantitative estimate of drug-likeness (QED) is 0.807. The molecule has 6 nitrogen and oxygen atoms in total. The number of esters is 1. The Kier molecular flexibility index (Phi) is 6.17. The minimum Gasteiger partial charge on any atom is -0.452 e. The van der Waals surface area contributed by atoms with Gasteiger partial charge in [-0.3, -0.25) is 14.9 Å². The van der Waals surface area contributed by atoms with Gasteiger partial charge in [0.2, 0.25) is 0 Å². The zero-order chi connectivity index (χ0) is 16.0. The Morgan fingerprint density at radius 1 is 1.29 bits per heavy atom. The predicted molar refractivity (Wildman–Crippen MR) is 77.6 cm³/mol. The topological polar surface area (TPSA) is 98.5 Å². The van der Waals surface area contributed by atoms with E-state index in [0.717, 1.165) is 0 Å². The molecule has 1 aromatic rings. The predicted octanol–water partition coefficient (Wildman–Crippen LogP) is 1.65. The molecule has 0 unspecified atom stereocenters. The molecule has 0 heterocycles. The molecule has 21 heavy (non-hydrogen) atoms. The first-order valence-corrected chi connectivity index (χ1v) is 6.72. The molecule has 3 N–H and O–H groups in total. The van der Waals surface area contributed by atoms with Gasteiger partial charge in [-0.15, -0.1) is 0 Å². The van der Waals surface area contributed by atoms with Crippen LogP contribution in [0.3, 0.4) is 0 Å². The molecular weight excluding hydrogens is 296 g/mol. The fourth-order valence-corrected chi connectivity index (χ4v) is 1.87. The van der Waals surface area contributed by atoms with Crippen LogP contribution < -0.4 is 11.1 Å². The van der Waals surface area contributed by atoms with Crippen LogP contribution in [-0.2, 0) is 20.7 Å². The Hall–Kier alpha value is -2.08. The minimum absolute atomic E-state index is 0.0628. The third-order valence-electron chi connectivity index (χ3n) is 2.66. The zero-order valence-corrected chi connectivity index (χ0v) is 12.5. The van der Waals surface area contributed by atoms with E-state index in [2.05, 4.69) is 0 Å². The van der Waals surface area contributed by atoms with Gasteiger partial charge >= 0.3 is 12.0 Å². The Bertz CT molecular complexity index is 546. The van der Waals surface area contributed by atoms with Gasteiger partial charge in [0.05, 0.1) is 6.42 Å². The number of carbonyl (C=O) groups excluding carboxylic acids is 3. The molecule has 0 spiro atoms. The van der Waals surface area contributed by atoms with E-state index in [-0.39, 0.29) is 12.3 Å². The molecule has 0 aromatic heterocycles. The van der Waals surface area contributed by atoms with E-state index in [0.29, 0.717) is 10.6 Å². The first kappa shape index (κ1) is 17.0. The molecule has 0 aliphatic heterocycles. The van der Waals surface area contributed by atoms with Crippen molar-refractivity contribution >= 4 is 29.5 Å². The van der Waals surface area contributed by atoms with Gasteiger partial charge in [-0.2, -0.15) is 0 Å². The van der Waals surface area contributed by atoms with Gasteiger partial charge in [0.25, 0.3) is 5.91 Å². The lowest BCUT2D eigenvalue weighted by Crippen LogP contribution is -2.45. The Morgan fingerprint density at radius 3 is 2.43 bits per heavy atom. The maximum Gasteiger partial charge on any atom is 0.318 e. The molecule has 0 fully saturated rings. The summed E-state index contributed by atoms with van der Waals surface area (Å²) in [5.74, 6) is -1.66. The average Bonchev–Trinajstić information content (AvgIpc) is 2.37. The second-order valence-electron chi connectivity index (χ2n) is 4.78. The van der Waals surface area contributed by atoms with Crippen LogP contribution in [0.1, 0.15) is 19.4 Å². The highest BCUT2D eigenvalue weighted by Gasteiger charge is 2.27. The van der Waals surface area contributed by atoms with E-state index in [4.69, 9.17) is 22.1 Å². The highest BCUT2D eigenvalue weighted by atomic mass is 35.5. The highest BCUT2D eigenvalue weighted by Crippen LogP contribution is 2.17. The van der Waals surface area contributed by atoms with Gasteiger partial charge in [0.1, 0.15) is 0 Å². The summed E-state index contributed by atoms with van der Waals surface area (Å²) in [4.78, 5) is 34.3. The molecule has 3 amide bonds. The summed E-state index contributed by atoms with van der Waals surface area (Å²) in [6, 6.07) is 5.84. The maximum atomic E-state index is 11.9. The van der Waals surface area contributed by atoms with Crippen molar-refractivity contribution in [2.24, 2.45) is 11.7 Å². The smallest absolute Gasteiger partial charge is 0.318 e. The number of hydrogen-bond acceptors (Lipinski definition) is 4. The van der Waals surface area contributed by atoms with Crippen LogP contribution in [0.2, 0.25) is 5.02 Å². The number of primary amides is 1. The van der Waals surface area contributed by atoms with Crippen molar-refractivity contribution < 1.29 is 19.1 Å².